The summed E-state index contributed by atoms with van der Waals surface area (Å²) in [5.74, 6) is -0.0591. The van der Waals surface area contributed by atoms with Crippen LogP contribution in [-0.4, -0.2) is 36.5 Å². The highest BCUT2D eigenvalue weighted by atomic mass is 35.5. The van der Waals surface area contributed by atoms with Gasteiger partial charge in [-0.05, 0) is 43.9 Å². The third-order valence-electron chi connectivity index (χ3n) is 4.88. The summed E-state index contributed by atoms with van der Waals surface area (Å²) in [5.41, 5.74) is -1.07. The Labute approximate surface area is 146 Å². The van der Waals surface area contributed by atoms with Gasteiger partial charge >= 0.3 is 6.18 Å². The molecule has 1 aliphatic heterocycles. The largest absolute Gasteiger partial charge is 0.417 e. The number of benzene rings is 1. The lowest BCUT2D eigenvalue weighted by atomic mass is 9.84. The van der Waals surface area contributed by atoms with Crippen molar-refractivity contribution in [3.05, 3.63) is 35.4 Å². The van der Waals surface area contributed by atoms with Gasteiger partial charge in [0.2, 0.25) is 0 Å². The van der Waals surface area contributed by atoms with E-state index in [9.17, 15) is 18.0 Å². The SMILES string of the molecule is Cl.O=C(c1ccccc1C(F)(F)F)N(CC1CCC1)[C@H]1CCNC1. The van der Waals surface area contributed by atoms with Crippen LogP contribution < -0.4 is 5.32 Å². The number of carbonyl (C=O) groups is 1. The fourth-order valence-electron chi connectivity index (χ4n) is 3.33. The van der Waals surface area contributed by atoms with Crippen LogP contribution >= 0.6 is 12.4 Å². The zero-order valence-corrected chi connectivity index (χ0v) is 14.1. The van der Waals surface area contributed by atoms with Crippen LogP contribution in [0.5, 0.6) is 0 Å². The Morgan fingerprint density at radius 3 is 2.46 bits per heavy atom. The van der Waals surface area contributed by atoms with E-state index in [2.05, 4.69) is 5.32 Å². The molecule has 1 saturated carbocycles. The molecule has 0 aromatic heterocycles. The highest BCUT2D eigenvalue weighted by molar-refractivity contribution is 5.96. The lowest BCUT2D eigenvalue weighted by molar-refractivity contribution is -0.138. The van der Waals surface area contributed by atoms with Crippen molar-refractivity contribution in [3.63, 3.8) is 0 Å². The molecule has 134 valence electrons. The second-order valence-corrected chi connectivity index (χ2v) is 6.44. The minimum atomic E-state index is -4.51. The topological polar surface area (TPSA) is 32.3 Å². The number of nitrogens with one attached hydrogen (secondary N) is 1. The van der Waals surface area contributed by atoms with Crippen molar-refractivity contribution in [2.75, 3.05) is 19.6 Å². The molecule has 1 heterocycles. The summed E-state index contributed by atoms with van der Waals surface area (Å²) >= 11 is 0. The van der Waals surface area contributed by atoms with E-state index in [0.717, 1.165) is 38.3 Å². The van der Waals surface area contributed by atoms with Crippen molar-refractivity contribution in [3.8, 4) is 0 Å². The summed E-state index contributed by atoms with van der Waals surface area (Å²) in [6.45, 7) is 2.03. The number of hydrogen-bond acceptors (Lipinski definition) is 2. The maximum atomic E-state index is 13.2. The molecule has 1 atom stereocenters. The Kier molecular flexibility index (Phi) is 6.15. The van der Waals surface area contributed by atoms with Gasteiger partial charge in [-0.25, -0.2) is 0 Å². The van der Waals surface area contributed by atoms with Crippen molar-refractivity contribution in [2.45, 2.75) is 37.9 Å². The number of halogens is 4. The first-order chi connectivity index (χ1) is 11.0. The molecule has 1 saturated heterocycles. The molecule has 3 rings (SSSR count). The molecule has 1 amide bonds. The van der Waals surface area contributed by atoms with Crippen LogP contribution in [0.25, 0.3) is 0 Å². The summed E-state index contributed by atoms with van der Waals surface area (Å²) in [6, 6.07) is 5.09. The fraction of sp³-hybridized carbons (Fsp3) is 0.588. The number of amides is 1. The van der Waals surface area contributed by atoms with Gasteiger partial charge in [0.1, 0.15) is 0 Å². The predicted molar refractivity (Wildman–Crippen MR) is 88.3 cm³/mol. The molecule has 7 heteroatoms. The molecule has 0 radical (unpaired) electrons. The highest BCUT2D eigenvalue weighted by Crippen LogP contribution is 2.34. The first-order valence-electron chi connectivity index (χ1n) is 8.14. The van der Waals surface area contributed by atoms with E-state index >= 15 is 0 Å². The Hall–Kier alpha value is -1.27. The van der Waals surface area contributed by atoms with E-state index in [1.807, 2.05) is 0 Å². The van der Waals surface area contributed by atoms with E-state index < -0.39 is 17.6 Å². The minimum Gasteiger partial charge on any atom is -0.334 e. The average Bonchev–Trinajstić information content (AvgIpc) is 2.99. The van der Waals surface area contributed by atoms with Crippen molar-refractivity contribution < 1.29 is 18.0 Å². The van der Waals surface area contributed by atoms with Gasteiger partial charge in [0.25, 0.3) is 5.91 Å². The summed E-state index contributed by atoms with van der Waals surface area (Å²) in [6.07, 6.45) is -0.445. The Balaban J connectivity index is 0.00000208. The molecule has 0 bridgehead atoms. The molecule has 1 aromatic rings. The molecule has 1 aromatic carbocycles. The average molecular weight is 363 g/mol. The Morgan fingerprint density at radius 2 is 1.92 bits per heavy atom. The summed E-state index contributed by atoms with van der Waals surface area (Å²) in [5, 5.41) is 3.20. The van der Waals surface area contributed by atoms with Gasteiger partial charge in [-0.3, -0.25) is 4.79 Å². The maximum absolute atomic E-state index is 13.2. The molecule has 2 fully saturated rings. The quantitative estimate of drug-likeness (QED) is 0.885. The first-order valence-corrected chi connectivity index (χ1v) is 8.14. The fourth-order valence-corrected chi connectivity index (χ4v) is 3.33. The molecule has 0 unspecified atom stereocenters. The normalized spacial score (nSPS) is 21.0. The number of hydrogen-bond donors (Lipinski definition) is 1. The van der Waals surface area contributed by atoms with Gasteiger partial charge < -0.3 is 10.2 Å². The van der Waals surface area contributed by atoms with Crippen LogP contribution in [-0.2, 0) is 6.18 Å². The summed E-state index contributed by atoms with van der Waals surface area (Å²) in [7, 11) is 0. The first kappa shape index (κ1) is 19.1. The number of alkyl halides is 3. The van der Waals surface area contributed by atoms with Crippen molar-refractivity contribution in [2.24, 2.45) is 5.92 Å². The predicted octanol–water partition coefficient (Wildman–Crippen LogP) is 3.73. The maximum Gasteiger partial charge on any atom is 0.417 e. The molecule has 0 spiro atoms. The van der Waals surface area contributed by atoms with Crippen LogP contribution in [0.1, 0.15) is 41.6 Å². The Bertz CT molecular complexity index is 569. The van der Waals surface area contributed by atoms with Crippen LogP contribution in [0.4, 0.5) is 13.2 Å². The summed E-state index contributed by atoms with van der Waals surface area (Å²) in [4.78, 5) is 14.5. The van der Waals surface area contributed by atoms with E-state index in [1.165, 1.54) is 18.2 Å². The van der Waals surface area contributed by atoms with E-state index in [-0.39, 0.29) is 24.0 Å². The van der Waals surface area contributed by atoms with E-state index in [4.69, 9.17) is 0 Å². The van der Waals surface area contributed by atoms with E-state index in [0.29, 0.717) is 19.0 Å². The minimum absolute atomic E-state index is 0. The molecule has 3 nitrogen and oxygen atoms in total. The molecule has 24 heavy (non-hydrogen) atoms. The van der Waals surface area contributed by atoms with Crippen LogP contribution in [0.15, 0.2) is 24.3 Å². The number of nitrogens with zero attached hydrogens (tertiary/aromatic N) is 1. The standard InChI is InChI=1S/C17H21F3N2O.ClH/c18-17(19,20)15-7-2-1-6-14(15)16(23)22(11-12-4-3-5-12)13-8-9-21-10-13;/h1-2,6-7,12-13,21H,3-5,8-11H2;1H/t13-;/m0./s1. The second kappa shape index (κ2) is 7.74. The van der Waals surface area contributed by atoms with Crippen LogP contribution in [0, 0.1) is 5.92 Å². The van der Waals surface area contributed by atoms with Gasteiger partial charge in [0, 0.05) is 19.1 Å². The van der Waals surface area contributed by atoms with Gasteiger partial charge in [-0.15, -0.1) is 12.4 Å². The van der Waals surface area contributed by atoms with Gasteiger partial charge in [-0.2, -0.15) is 13.2 Å². The Morgan fingerprint density at radius 1 is 1.21 bits per heavy atom. The zero-order chi connectivity index (χ0) is 16.4. The molecule has 1 aliphatic carbocycles. The lowest BCUT2D eigenvalue weighted by Crippen LogP contribution is -2.45. The van der Waals surface area contributed by atoms with Crippen LogP contribution in [0.2, 0.25) is 0 Å². The smallest absolute Gasteiger partial charge is 0.334 e. The lowest BCUT2D eigenvalue weighted by Gasteiger charge is -2.36. The third kappa shape index (κ3) is 4.03. The molecular formula is C17H22ClF3N2O. The van der Waals surface area contributed by atoms with Gasteiger partial charge in [0.05, 0.1) is 11.1 Å². The molecular weight excluding hydrogens is 341 g/mol. The van der Waals surface area contributed by atoms with Gasteiger partial charge in [0.15, 0.2) is 0 Å². The van der Waals surface area contributed by atoms with Crippen molar-refractivity contribution in [1.82, 2.24) is 10.2 Å². The molecule has 1 N–H and O–H groups in total. The highest BCUT2D eigenvalue weighted by Gasteiger charge is 2.38. The van der Waals surface area contributed by atoms with E-state index in [1.54, 1.807) is 4.90 Å². The van der Waals surface area contributed by atoms with Crippen LogP contribution in [0.3, 0.4) is 0 Å². The molecule has 2 aliphatic rings. The van der Waals surface area contributed by atoms with Crippen molar-refractivity contribution in [1.29, 1.82) is 0 Å². The monoisotopic (exact) mass is 362 g/mol. The zero-order valence-electron chi connectivity index (χ0n) is 13.3. The van der Waals surface area contributed by atoms with Crippen molar-refractivity contribution >= 4 is 18.3 Å². The number of carbonyl (C=O) groups excluding carboxylic acids is 1. The third-order valence-corrected chi connectivity index (χ3v) is 4.88. The second-order valence-electron chi connectivity index (χ2n) is 6.44. The number of rotatable bonds is 4. The summed E-state index contributed by atoms with van der Waals surface area (Å²) < 4.78 is 39.6. The van der Waals surface area contributed by atoms with Gasteiger partial charge in [-0.1, -0.05) is 18.6 Å².